The SMILES string of the molecule is C/C=C/C[C@H](O)[C@@H](C)[C@H]1CC[C@H]2[C@@H]3CC[C@H]4C[C@](O)(CC)CC[C@]4(C)[C@H]3CC[C@]12C. The lowest BCUT2D eigenvalue weighted by Crippen LogP contribution is -2.56. The molecule has 4 aliphatic rings. The van der Waals surface area contributed by atoms with Crippen molar-refractivity contribution < 1.29 is 10.2 Å². The minimum Gasteiger partial charge on any atom is -0.393 e. The van der Waals surface area contributed by atoms with E-state index in [0.29, 0.717) is 22.7 Å². The average molecular weight is 417 g/mol. The van der Waals surface area contributed by atoms with Crippen LogP contribution in [-0.2, 0) is 0 Å². The van der Waals surface area contributed by atoms with Gasteiger partial charge in [-0.15, -0.1) is 0 Å². The van der Waals surface area contributed by atoms with Crippen LogP contribution in [0.1, 0.15) is 105 Å². The lowest BCUT2D eigenvalue weighted by atomic mass is 9.43. The fourth-order valence-electron chi connectivity index (χ4n) is 9.31. The molecule has 2 N–H and O–H groups in total. The van der Waals surface area contributed by atoms with E-state index in [-0.39, 0.29) is 6.10 Å². The average Bonchev–Trinajstić information content (AvgIpc) is 3.09. The van der Waals surface area contributed by atoms with Crippen molar-refractivity contribution >= 4 is 0 Å². The molecule has 0 bridgehead atoms. The van der Waals surface area contributed by atoms with Crippen LogP contribution in [-0.4, -0.2) is 21.9 Å². The smallest absolute Gasteiger partial charge is 0.0648 e. The zero-order valence-electron chi connectivity index (χ0n) is 20.4. The molecule has 0 aromatic carbocycles. The van der Waals surface area contributed by atoms with Gasteiger partial charge in [0, 0.05) is 0 Å². The summed E-state index contributed by atoms with van der Waals surface area (Å²) >= 11 is 0. The van der Waals surface area contributed by atoms with Crippen molar-refractivity contribution in [2.75, 3.05) is 0 Å². The molecule has 4 aliphatic carbocycles. The normalized spacial score (nSPS) is 50.6. The van der Waals surface area contributed by atoms with E-state index in [2.05, 4.69) is 46.8 Å². The van der Waals surface area contributed by atoms with Crippen LogP contribution in [0.5, 0.6) is 0 Å². The van der Waals surface area contributed by atoms with Gasteiger partial charge < -0.3 is 10.2 Å². The van der Waals surface area contributed by atoms with E-state index in [0.717, 1.165) is 49.4 Å². The molecule has 2 nitrogen and oxygen atoms in total. The minimum absolute atomic E-state index is 0.196. The van der Waals surface area contributed by atoms with Gasteiger partial charge in [0.2, 0.25) is 0 Å². The highest BCUT2D eigenvalue weighted by Gasteiger charge is 2.61. The van der Waals surface area contributed by atoms with Gasteiger partial charge in [-0.1, -0.05) is 39.8 Å². The molecule has 172 valence electrons. The first-order valence-corrected chi connectivity index (χ1v) is 13.2. The van der Waals surface area contributed by atoms with Crippen LogP contribution >= 0.6 is 0 Å². The third-order valence-corrected chi connectivity index (χ3v) is 11.4. The summed E-state index contributed by atoms with van der Waals surface area (Å²) in [5.74, 6) is 4.38. The third-order valence-electron chi connectivity index (χ3n) is 11.4. The van der Waals surface area contributed by atoms with Gasteiger partial charge in [-0.25, -0.2) is 0 Å². The number of hydrogen-bond acceptors (Lipinski definition) is 2. The molecule has 0 aromatic rings. The van der Waals surface area contributed by atoms with Gasteiger partial charge in [0.1, 0.15) is 0 Å². The third kappa shape index (κ3) is 3.53. The molecule has 0 aromatic heterocycles. The largest absolute Gasteiger partial charge is 0.393 e. The van der Waals surface area contributed by atoms with E-state index < -0.39 is 5.60 Å². The maximum Gasteiger partial charge on any atom is 0.0648 e. The molecule has 2 heteroatoms. The van der Waals surface area contributed by atoms with Crippen LogP contribution in [0.2, 0.25) is 0 Å². The molecule has 0 saturated heterocycles. The van der Waals surface area contributed by atoms with Crippen LogP contribution in [0, 0.1) is 46.3 Å². The van der Waals surface area contributed by atoms with Crippen molar-refractivity contribution in [1.82, 2.24) is 0 Å². The molecule has 4 saturated carbocycles. The monoisotopic (exact) mass is 416 g/mol. The van der Waals surface area contributed by atoms with Crippen molar-refractivity contribution in [3.05, 3.63) is 12.2 Å². The number of hydrogen-bond donors (Lipinski definition) is 2. The van der Waals surface area contributed by atoms with E-state index in [1.807, 2.05) is 0 Å². The summed E-state index contributed by atoms with van der Waals surface area (Å²) in [6.07, 6.45) is 17.2. The van der Waals surface area contributed by atoms with Crippen LogP contribution in [0.4, 0.5) is 0 Å². The zero-order chi connectivity index (χ0) is 21.7. The Morgan fingerprint density at radius 2 is 1.70 bits per heavy atom. The first-order valence-electron chi connectivity index (χ1n) is 13.2. The van der Waals surface area contributed by atoms with E-state index in [1.165, 1.54) is 44.9 Å². The second kappa shape index (κ2) is 8.22. The van der Waals surface area contributed by atoms with Crippen molar-refractivity contribution in [2.24, 2.45) is 46.3 Å². The van der Waals surface area contributed by atoms with Gasteiger partial charge in [-0.3, -0.25) is 0 Å². The second-order valence-electron chi connectivity index (χ2n) is 12.4. The number of aliphatic hydroxyl groups excluding tert-OH is 1. The summed E-state index contributed by atoms with van der Waals surface area (Å²) in [6.45, 7) is 11.7. The Bertz CT molecular complexity index is 643. The molecule has 4 fully saturated rings. The highest BCUT2D eigenvalue weighted by Crippen LogP contribution is 2.69. The lowest BCUT2D eigenvalue weighted by molar-refractivity contribution is -0.154. The first kappa shape index (κ1) is 22.8. The van der Waals surface area contributed by atoms with Crippen LogP contribution in [0.15, 0.2) is 12.2 Å². The second-order valence-corrected chi connectivity index (χ2v) is 12.4. The molecular formula is C28H48O2. The van der Waals surface area contributed by atoms with Gasteiger partial charge in [0.05, 0.1) is 11.7 Å². The van der Waals surface area contributed by atoms with Crippen LogP contribution < -0.4 is 0 Å². The van der Waals surface area contributed by atoms with Gasteiger partial charge >= 0.3 is 0 Å². The summed E-state index contributed by atoms with van der Waals surface area (Å²) in [6, 6.07) is 0. The lowest BCUT2D eigenvalue weighted by Gasteiger charge is -2.62. The van der Waals surface area contributed by atoms with E-state index >= 15 is 0 Å². The summed E-state index contributed by atoms with van der Waals surface area (Å²) in [7, 11) is 0. The van der Waals surface area contributed by atoms with Crippen molar-refractivity contribution in [3.8, 4) is 0 Å². The van der Waals surface area contributed by atoms with Crippen molar-refractivity contribution in [1.29, 1.82) is 0 Å². The Morgan fingerprint density at radius 1 is 0.967 bits per heavy atom. The van der Waals surface area contributed by atoms with Gasteiger partial charge in [0.25, 0.3) is 0 Å². The minimum atomic E-state index is -0.392. The first-order chi connectivity index (χ1) is 14.2. The van der Waals surface area contributed by atoms with Gasteiger partial charge in [-0.05, 0) is 124 Å². The maximum absolute atomic E-state index is 11.0. The molecule has 0 aliphatic heterocycles. The van der Waals surface area contributed by atoms with Crippen molar-refractivity contribution in [2.45, 2.75) is 117 Å². The standard InChI is InChI=1S/C28H48O2/c1-6-8-9-25(29)19(3)22-12-13-23-21-11-10-20-18-28(30,7-2)17-16-26(20,4)24(21)14-15-27(22,23)5/h6,8,19-25,29-30H,7,9-18H2,1-5H3/b8-6+/t19-,20-,21-,22+,23-,24-,25-,26-,27+,28-/m0/s1. The maximum atomic E-state index is 11.0. The number of rotatable bonds is 5. The number of allylic oxidation sites excluding steroid dienone is 1. The zero-order valence-corrected chi connectivity index (χ0v) is 20.4. The number of fused-ring (bicyclic) bond motifs is 5. The molecule has 0 radical (unpaired) electrons. The van der Waals surface area contributed by atoms with Gasteiger partial charge in [0.15, 0.2) is 0 Å². The highest BCUT2D eigenvalue weighted by atomic mass is 16.3. The molecule has 0 amide bonds. The van der Waals surface area contributed by atoms with E-state index in [1.54, 1.807) is 0 Å². The summed E-state index contributed by atoms with van der Waals surface area (Å²) in [5.41, 5.74) is 0.470. The fraction of sp³-hybridized carbons (Fsp3) is 0.929. The highest BCUT2D eigenvalue weighted by molar-refractivity contribution is 5.11. The summed E-state index contributed by atoms with van der Waals surface area (Å²) < 4.78 is 0. The number of aliphatic hydroxyl groups is 2. The molecule has 4 rings (SSSR count). The molecule has 10 atom stereocenters. The Hall–Kier alpha value is -0.340. The molecule has 0 heterocycles. The summed E-state index contributed by atoms with van der Waals surface area (Å²) in [5, 5.41) is 21.8. The van der Waals surface area contributed by atoms with Crippen LogP contribution in [0.25, 0.3) is 0 Å². The summed E-state index contributed by atoms with van der Waals surface area (Å²) in [4.78, 5) is 0. The predicted octanol–water partition coefficient (Wildman–Crippen LogP) is 6.75. The molecule has 0 spiro atoms. The fourth-order valence-corrected chi connectivity index (χ4v) is 9.31. The molecule has 0 unspecified atom stereocenters. The Labute approximate surface area is 185 Å². The molecule has 30 heavy (non-hydrogen) atoms. The molecular weight excluding hydrogens is 368 g/mol. The quantitative estimate of drug-likeness (QED) is 0.487. The topological polar surface area (TPSA) is 40.5 Å². The Morgan fingerprint density at radius 3 is 2.40 bits per heavy atom. The van der Waals surface area contributed by atoms with Gasteiger partial charge in [-0.2, -0.15) is 0 Å². The van der Waals surface area contributed by atoms with E-state index in [4.69, 9.17) is 0 Å². The Balaban J connectivity index is 1.51. The predicted molar refractivity (Wildman–Crippen MR) is 125 cm³/mol. The van der Waals surface area contributed by atoms with Crippen molar-refractivity contribution in [3.63, 3.8) is 0 Å². The van der Waals surface area contributed by atoms with E-state index in [9.17, 15) is 10.2 Å². The Kier molecular flexibility index (Phi) is 6.26. The van der Waals surface area contributed by atoms with Crippen LogP contribution in [0.3, 0.4) is 0 Å².